The minimum atomic E-state index is -0.923. The molecule has 3 N–H and O–H groups in total. The molecule has 0 radical (unpaired) electrons. The fraction of sp³-hybridized carbons (Fsp3) is 0.407. The number of aliphatic hydroxyl groups is 1. The molecule has 0 bridgehead atoms. The zero-order chi connectivity index (χ0) is 27.1. The quantitative estimate of drug-likeness (QED) is 0.307. The minimum absolute atomic E-state index is 0.0177. The largest absolute Gasteiger partial charge is 0.481 e. The summed E-state index contributed by atoms with van der Waals surface area (Å²) in [5.41, 5.74) is 3.15. The molecule has 0 spiro atoms. The van der Waals surface area contributed by atoms with Crippen molar-refractivity contribution in [2.24, 2.45) is 13.0 Å². The Morgan fingerprint density at radius 3 is 2.58 bits per heavy atom. The van der Waals surface area contributed by atoms with Gasteiger partial charge in [-0.25, -0.2) is 0 Å². The molecule has 4 rings (SSSR count). The number of aryl methyl sites for hydroxylation is 1. The van der Waals surface area contributed by atoms with E-state index in [2.05, 4.69) is 22.4 Å². The number of carbonyl (C=O) groups is 2. The summed E-state index contributed by atoms with van der Waals surface area (Å²) in [5, 5.41) is 30.0. The molecule has 3 aromatic rings. The Bertz CT molecular complexity index is 1230. The fourth-order valence-corrected chi connectivity index (χ4v) is 5.31. The van der Waals surface area contributed by atoms with Gasteiger partial charge in [-0.05, 0) is 29.7 Å². The Morgan fingerprint density at radius 2 is 1.89 bits per heavy atom. The lowest BCUT2D eigenvalue weighted by atomic mass is 9.91. The van der Waals surface area contributed by atoms with Gasteiger partial charge in [0.2, 0.25) is 5.91 Å². The number of hydrogen-bond donors (Lipinski definition) is 3. The third-order valence-corrected chi connectivity index (χ3v) is 7.53. The van der Waals surface area contributed by atoms with Gasteiger partial charge in [-0.2, -0.15) is 0 Å². The van der Waals surface area contributed by atoms with Crippen molar-refractivity contribution in [1.82, 2.24) is 14.8 Å². The fourth-order valence-electron chi connectivity index (χ4n) is 4.26. The van der Waals surface area contributed by atoms with E-state index in [1.165, 1.54) is 0 Å². The second-order valence-corrected chi connectivity index (χ2v) is 10.3. The number of nitrogens with one attached hydrogen (secondary N) is 1. The van der Waals surface area contributed by atoms with Gasteiger partial charge in [0, 0.05) is 42.8 Å². The van der Waals surface area contributed by atoms with E-state index in [1.54, 1.807) is 24.2 Å². The zero-order valence-electron chi connectivity index (χ0n) is 21.3. The highest BCUT2D eigenvalue weighted by atomic mass is 32.2. The van der Waals surface area contributed by atoms with Gasteiger partial charge >= 0.3 is 5.97 Å². The zero-order valence-corrected chi connectivity index (χ0v) is 22.1. The molecular formula is C27H32N4O6S. The van der Waals surface area contributed by atoms with Gasteiger partial charge in [0.25, 0.3) is 0 Å². The number of rotatable bonds is 11. The van der Waals surface area contributed by atoms with Crippen LogP contribution in [0.5, 0.6) is 0 Å². The SMILES string of the molecule is C[C@@H]1[C@H](CSc2nncn2C)O[C@H](c2cccc(NC(=O)CCCC(=O)O)c2)O[C@@H]1c1ccc(CO)cc1. The number of carbonyl (C=O) groups excluding carboxylic acids is 1. The Hall–Kier alpha value is -3.25. The third kappa shape index (κ3) is 7.19. The molecule has 2 heterocycles. The number of ether oxygens (including phenoxy) is 2. The molecule has 1 fully saturated rings. The molecule has 1 aliphatic heterocycles. The normalized spacial score (nSPS) is 21.2. The molecule has 10 nitrogen and oxygen atoms in total. The summed E-state index contributed by atoms with van der Waals surface area (Å²) in [6.45, 7) is 2.06. The number of hydrogen-bond acceptors (Lipinski definition) is 8. The summed E-state index contributed by atoms with van der Waals surface area (Å²) >= 11 is 1.56. The number of thioether (sulfide) groups is 1. The second kappa shape index (κ2) is 13.0. The van der Waals surface area contributed by atoms with Gasteiger partial charge in [-0.3, -0.25) is 9.59 Å². The predicted octanol–water partition coefficient (Wildman–Crippen LogP) is 4.08. The number of aromatic nitrogens is 3. The van der Waals surface area contributed by atoms with E-state index < -0.39 is 12.3 Å². The molecule has 1 amide bonds. The molecule has 2 aromatic carbocycles. The molecule has 38 heavy (non-hydrogen) atoms. The maximum atomic E-state index is 12.3. The summed E-state index contributed by atoms with van der Waals surface area (Å²) in [5.74, 6) is -0.516. The van der Waals surface area contributed by atoms with Crippen molar-refractivity contribution in [2.75, 3.05) is 11.1 Å². The highest BCUT2D eigenvalue weighted by molar-refractivity contribution is 7.99. The Morgan fingerprint density at radius 1 is 1.11 bits per heavy atom. The van der Waals surface area contributed by atoms with Gasteiger partial charge in [0.05, 0.1) is 18.8 Å². The monoisotopic (exact) mass is 540 g/mol. The molecule has 0 aliphatic carbocycles. The van der Waals surface area contributed by atoms with Crippen LogP contribution in [0.3, 0.4) is 0 Å². The standard InChI is InChI=1S/C27H32N4O6S/c1-17-22(15-38-27-30-28-16-31(27)2)36-26(37-25(17)19-11-9-18(14-32)10-12-19)20-5-3-6-21(13-20)29-23(33)7-4-8-24(34)35/h3,5-6,9-13,16-17,22,25-26,32H,4,7-8,14-15H2,1-2H3,(H,29,33)(H,34,35)/t17-,22+,25+,26+/m1/s1. The first-order valence-electron chi connectivity index (χ1n) is 12.4. The summed E-state index contributed by atoms with van der Waals surface area (Å²) in [7, 11) is 1.90. The molecule has 1 saturated heterocycles. The lowest BCUT2D eigenvalue weighted by Crippen LogP contribution is -2.38. The van der Waals surface area contributed by atoms with Crippen molar-refractivity contribution >= 4 is 29.3 Å². The third-order valence-electron chi connectivity index (χ3n) is 6.41. The van der Waals surface area contributed by atoms with Crippen molar-refractivity contribution < 1.29 is 29.3 Å². The van der Waals surface area contributed by atoms with E-state index in [0.29, 0.717) is 11.4 Å². The highest BCUT2D eigenvalue weighted by Gasteiger charge is 2.38. The Labute approximate surface area is 225 Å². The highest BCUT2D eigenvalue weighted by Crippen LogP contribution is 2.43. The number of aliphatic hydroxyl groups excluding tert-OH is 1. The van der Waals surface area contributed by atoms with Crippen LogP contribution < -0.4 is 5.32 Å². The molecule has 1 aliphatic rings. The molecule has 202 valence electrons. The average molecular weight is 541 g/mol. The first-order valence-corrected chi connectivity index (χ1v) is 13.4. The number of benzene rings is 2. The average Bonchev–Trinajstić information content (AvgIpc) is 3.32. The lowest BCUT2D eigenvalue weighted by Gasteiger charge is -2.41. The molecule has 11 heteroatoms. The van der Waals surface area contributed by atoms with Gasteiger partial charge in [-0.15, -0.1) is 10.2 Å². The van der Waals surface area contributed by atoms with E-state index in [1.807, 2.05) is 54.1 Å². The van der Waals surface area contributed by atoms with E-state index in [-0.39, 0.29) is 49.9 Å². The van der Waals surface area contributed by atoms with Gasteiger partial charge in [-0.1, -0.05) is 55.1 Å². The second-order valence-electron chi connectivity index (χ2n) is 9.28. The number of aliphatic carboxylic acids is 1. The molecule has 0 saturated carbocycles. The summed E-state index contributed by atoms with van der Waals surface area (Å²) in [4.78, 5) is 23.0. The Balaban J connectivity index is 1.52. The van der Waals surface area contributed by atoms with Crippen LogP contribution in [0, 0.1) is 5.92 Å². The van der Waals surface area contributed by atoms with Gasteiger partial charge in [0.15, 0.2) is 11.4 Å². The number of anilines is 1. The summed E-state index contributed by atoms with van der Waals surface area (Å²) in [6, 6.07) is 15.0. The molecule has 0 unspecified atom stereocenters. The number of amides is 1. The van der Waals surface area contributed by atoms with Crippen LogP contribution in [0.15, 0.2) is 60.0 Å². The van der Waals surface area contributed by atoms with Crippen LogP contribution in [0.25, 0.3) is 0 Å². The van der Waals surface area contributed by atoms with E-state index in [9.17, 15) is 14.7 Å². The van der Waals surface area contributed by atoms with Crippen LogP contribution in [0.2, 0.25) is 0 Å². The Kier molecular flexibility index (Phi) is 9.51. The lowest BCUT2D eigenvalue weighted by molar-refractivity contribution is -0.268. The van der Waals surface area contributed by atoms with E-state index in [4.69, 9.17) is 14.6 Å². The molecule has 4 atom stereocenters. The molecule has 1 aromatic heterocycles. The number of carboxylic acids is 1. The maximum absolute atomic E-state index is 12.3. The topological polar surface area (TPSA) is 136 Å². The van der Waals surface area contributed by atoms with E-state index >= 15 is 0 Å². The van der Waals surface area contributed by atoms with Crippen molar-refractivity contribution in [3.05, 3.63) is 71.5 Å². The first kappa shape index (κ1) is 27.8. The van der Waals surface area contributed by atoms with Crippen molar-refractivity contribution in [2.45, 2.75) is 56.4 Å². The predicted molar refractivity (Wildman–Crippen MR) is 141 cm³/mol. The van der Waals surface area contributed by atoms with Crippen LogP contribution in [-0.2, 0) is 32.7 Å². The van der Waals surface area contributed by atoms with Crippen LogP contribution in [0.1, 0.15) is 55.3 Å². The van der Waals surface area contributed by atoms with Crippen LogP contribution >= 0.6 is 11.8 Å². The van der Waals surface area contributed by atoms with Crippen molar-refractivity contribution in [1.29, 1.82) is 0 Å². The summed E-state index contributed by atoms with van der Waals surface area (Å²) in [6.07, 6.45) is 0.888. The van der Waals surface area contributed by atoms with E-state index in [0.717, 1.165) is 21.8 Å². The van der Waals surface area contributed by atoms with Gasteiger partial charge < -0.3 is 29.6 Å². The number of carboxylic acid groups (broad SMARTS) is 1. The van der Waals surface area contributed by atoms with Crippen LogP contribution in [0.4, 0.5) is 5.69 Å². The van der Waals surface area contributed by atoms with Gasteiger partial charge in [0.1, 0.15) is 6.33 Å². The number of nitrogens with zero attached hydrogens (tertiary/aromatic N) is 3. The minimum Gasteiger partial charge on any atom is -0.481 e. The van der Waals surface area contributed by atoms with Crippen molar-refractivity contribution in [3.8, 4) is 0 Å². The maximum Gasteiger partial charge on any atom is 0.303 e. The smallest absolute Gasteiger partial charge is 0.303 e. The first-order chi connectivity index (χ1) is 18.3. The summed E-state index contributed by atoms with van der Waals surface area (Å²) < 4.78 is 14.8. The van der Waals surface area contributed by atoms with Crippen LogP contribution in [-0.4, -0.2) is 48.7 Å². The molecular weight excluding hydrogens is 508 g/mol. The van der Waals surface area contributed by atoms with Crippen molar-refractivity contribution in [3.63, 3.8) is 0 Å².